The molecule has 0 aromatic rings. The minimum atomic E-state index is 1.37. The van der Waals surface area contributed by atoms with E-state index in [4.69, 9.17) is 0 Å². The lowest BCUT2D eigenvalue weighted by Crippen LogP contribution is -1.82. The highest BCUT2D eigenvalue weighted by atomic mass is 14.0. The van der Waals surface area contributed by atoms with Crippen molar-refractivity contribution in [2.45, 2.75) is 273 Å². The quantitative estimate of drug-likeness (QED) is 0.0663. The van der Waals surface area contributed by atoms with Gasteiger partial charge in [0.05, 0.1) is 0 Å². The number of unbranched alkanes of at least 4 members (excludes halogenated alkanes) is 33. The van der Waals surface area contributed by atoms with Gasteiger partial charge in [-0.15, -0.1) is 0 Å². The van der Waals surface area contributed by atoms with Crippen molar-refractivity contribution in [3.05, 3.63) is 0 Å². The van der Waals surface area contributed by atoms with Gasteiger partial charge in [0.15, 0.2) is 0 Å². The first kappa shape index (κ1) is 46.4. The van der Waals surface area contributed by atoms with E-state index < -0.39 is 0 Å². The second-order valence-electron chi connectivity index (χ2n) is 13.6. The lowest BCUT2D eigenvalue weighted by molar-refractivity contribution is 0.538. The molecule has 0 nitrogen and oxygen atoms in total. The summed E-state index contributed by atoms with van der Waals surface area (Å²) >= 11 is 0. The van der Waals surface area contributed by atoms with Gasteiger partial charge >= 0.3 is 0 Å². The zero-order chi connectivity index (χ0) is 31.5. The smallest absolute Gasteiger partial charge is 0.0533 e. The summed E-state index contributed by atoms with van der Waals surface area (Å²) in [6.07, 6.45) is 52.3. The maximum Gasteiger partial charge on any atom is -0.0533 e. The van der Waals surface area contributed by atoms with Crippen molar-refractivity contribution in [2.24, 2.45) is 0 Å². The van der Waals surface area contributed by atoms with E-state index in [9.17, 15) is 0 Å². The van der Waals surface area contributed by atoms with Gasteiger partial charge in [-0.05, 0) is 0 Å². The summed E-state index contributed by atoms with van der Waals surface area (Å²) < 4.78 is 0. The van der Waals surface area contributed by atoms with Gasteiger partial charge in [-0.1, -0.05) is 273 Å². The number of hydrogen-bond acceptors (Lipinski definition) is 0. The molecule has 0 rings (SSSR count). The van der Waals surface area contributed by atoms with Crippen molar-refractivity contribution in [2.75, 3.05) is 0 Å². The topological polar surface area (TPSA) is 0 Å². The molecule has 0 aromatic carbocycles. The van der Waals surface area contributed by atoms with Gasteiger partial charge in [-0.25, -0.2) is 0 Å². The molecule has 0 amide bonds. The third kappa shape index (κ3) is 55.9. The maximum absolute atomic E-state index is 2.29. The van der Waals surface area contributed by atoms with Crippen LogP contribution in [0.3, 0.4) is 0 Å². The first-order valence-electron chi connectivity index (χ1n) is 20.7. The van der Waals surface area contributed by atoms with Crippen LogP contribution in [0.4, 0.5) is 0 Å². The molecule has 0 unspecified atom stereocenters. The number of rotatable bonds is 33. The van der Waals surface area contributed by atoms with Crippen LogP contribution >= 0.6 is 0 Å². The summed E-state index contributed by atoms with van der Waals surface area (Å²) in [5.74, 6) is 0. The molecule has 0 saturated carbocycles. The number of hydrogen-bond donors (Lipinski definition) is 0. The lowest BCUT2D eigenvalue weighted by Gasteiger charge is -2.02. The Morgan fingerprint density at radius 2 is 0.190 bits per heavy atom. The zero-order valence-electron chi connectivity index (χ0n) is 31.5. The van der Waals surface area contributed by atoms with Crippen LogP contribution in [0, 0.1) is 0 Å². The normalized spacial score (nSPS) is 10.7. The van der Waals surface area contributed by atoms with Crippen LogP contribution in [0.2, 0.25) is 0 Å². The molecular weight excluding hydrogens is 504 g/mol. The van der Waals surface area contributed by atoms with Crippen molar-refractivity contribution in [3.8, 4) is 0 Å². The molecule has 0 saturated heterocycles. The Bertz CT molecular complexity index is 308. The van der Waals surface area contributed by atoms with Gasteiger partial charge in [0, 0.05) is 0 Å². The first-order valence-corrected chi connectivity index (χ1v) is 20.7. The van der Waals surface area contributed by atoms with Crippen LogP contribution in [0.5, 0.6) is 0 Å². The summed E-state index contributed by atoms with van der Waals surface area (Å²) in [5, 5.41) is 0. The molecule has 0 spiro atoms. The van der Waals surface area contributed by atoms with E-state index in [0.717, 1.165) is 0 Å². The van der Waals surface area contributed by atoms with E-state index in [2.05, 4.69) is 41.5 Å². The van der Waals surface area contributed by atoms with Crippen LogP contribution in [0.25, 0.3) is 0 Å². The third-order valence-corrected chi connectivity index (χ3v) is 8.87. The lowest BCUT2D eigenvalue weighted by atomic mass is 10.0. The Morgan fingerprint density at radius 3 is 0.262 bits per heavy atom. The van der Waals surface area contributed by atoms with Gasteiger partial charge in [-0.3, -0.25) is 0 Å². The van der Waals surface area contributed by atoms with Crippen molar-refractivity contribution in [1.82, 2.24) is 0 Å². The molecular formula is C42H90. The average Bonchev–Trinajstić information content (AvgIpc) is 3.01. The van der Waals surface area contributed by atoms with Gasteiger partial charge in [0.25, 0.3) is 0 Å². The molecule has 0 fully saturated rings. The first-order chi connectivity index (χ1) is 20.7. The van der Waals surface area contributed by atoms with Gasteiger partial charge in [0.2, 0.25) is 0 Å². The summed E-state index contributed by atoms with van der Waals surface area (Å²) in [6, 6.07) is 0. The van der Waals surface area contributed by atoms with E-state index in [1.165, 1.54) is 231 Å². The van der Waals surface area contributed by atoms with E-state index in [1.54, 1.807) is 0 Å². The molecule has 0 aromatic heterocycles. The van der Waals surface area contributed by atoms with Crippen molar-refractivity contribution >= 4 is 0 Å². The third-order valence-electron chi connectivity index (χ3n) is 8.87. The van der Waals surface area contributed by atoms with Crippen LogP contribution in [-0.4, -0.2) is 0 Å². The highest BCUT2D eigenvalue weighted by Crippen LogP contribution is 2.14. The molecule has 0 aliphatic heterocycles. The largest absolute Gasteiger partial charge is 0.0654 e. The van der Waals surface area contributed by atoms with Crippen molar-refractivity contribution in [3.63, 3.8) is 0 Å². The molecule has 0 radical (unpaired) electrons. The molecule has 0 N–H and O–H groups in total. The van der Waals surface area contributed by atoms with Crippen molar-refractivity contribution < 1.29 is 0 Å². The Balaban J connectivity index is -0.000000560. The minimum Gasteiger partial charge on any atom is -0.0654 e. The van der Waals surface area contributed by atoms with Gasteiger partial charge in [0.1, 0.15) is 0 Å². The SMILES string of the molecule is CCCCCCCCCC.CCCCCCCCCCCCCCCC.CCCCCCCCCCCCCCCC. The van der Waals surface area contributed by atoms with E-state index in [-0.39, 0.29) is 0 Å². The fourth-order valence-electron chi connectivity index (χ4n) is 5.74. The zero-order valence-corrected chi connectivity index (χ0v) is 31.5. The molecule has 0 heteroatoms. The average molecular weight is 595 g/mol. The Labute approximate surface area is 272 Å². The molecule has 0 atom stereocenters. The second kappa shape index (κ2) is 50.6. The monoisotopic (exact) mass is 595 g/mol. The highest BCUT2D eigenvalue weighted by molar-refractivity contribution is 4.50. The van der Waals surface area contributed by atoms with E-state index in [0.29, 0.717) is 0 Å². The highest BCUT2D eigenvalue weighted by Gasteiger charge is 1.94. The summed E-state index contributed by atoms with van der Waals surface area (Å²) in [4.78, 5) is 0. The minimum absolute atomic E-state index is 1.37. The van der Waals surface area contributed by atoms with Crippen LogP contribution in [0.15, 0.2) is 0 Å². The summed E-state index contributed by atoms with van der Waals surface area (Å²) in [6.45, 7) is 13.7. The van der Waals surface area contributed by atoms with Crippen LogP contribution < -0.4 is 0 Å². The fraction of sp³-hybridized carbons (Fsp3) is 1.00. The van der Waals surface area contributed by atoms with Crippen LogP contribution in [-0.2, 0) is 0 Å². The second-order valence-corrected chi connectivity index (χ2v) is 13.6. The molecule has 0 aliphatic carbocycles. The molecule has 258 valence electrons. The molecule has 0 bridgehead atoms. The predicted octanol–water partition coefficient (Wildman–Crippen LogP) is 17.1. The fourth-order valence-corrected chi connectivity index (χ4v) is 5.74. The molecule has 0 aliphatic rings. The maximum atomic E-state index is 2.29. The summed E-state index contributed by atoms with van der Waals surface area (Å²) in [5.41, 5.74) is 0. The Morgan fingerprint density at radius 1 is 0.119 bits per heavy atom. The standard InChI is InChI=1S/2C16H34.C10H22/c2*1-3-5-7-9-11-13-15-16-14-12-10-8-6-4-2;1-3-5-7-9-10-8-6-4-2/h2*3-16H2,1-2H3;3-10H2,1-2H3. The van der Waals surface area contributed by atoms with Crippen LogP contribution in [0.1, 0.15) is 273 Å². The van der Waals surface area contributed by atoms with Gasteiger partial charge < -0.3 is 0 Å². The van der Waals surface area contributed by atoms with E-state index in [1.807, 2.05) is 0 Å². The Hall–Kier alpha value is 0. The summed E-state index contributed by atoms with van der Waals surface area (Å²) in [7, 11) is 0. The Kier molecular flexibility index (Phi) is 55.9. The van der Waals surface area contributed by atoms with Gasteiger partial charge in [-0.2, -0.15) is 0 Å². The molecule has 0 heterocycles. The van der Waals surface area contributed by atoms with E-state index >= 15 is 0 Å². The molecule has 42 heavy (non-hydrogen) atoms. The van der Waals surface area contributed by atoms with Crippen molar-refractivity contribution in [1.29, 1.82) is 0 Å². The predicted molar refractivity (Wildman–Crippen MR) is 200 cm³/mol.